The maximum Gasteiger partial charge on any atom is 0.356 e. The van der Waals surface area contributed by atoms with Crippen LogP contribution < -0.4 is 5.73 Å². The minimum Gasteiger partial charge on any atom is -0.461 e. The van der Waals surface area contributed by atoms with Gasteiger partial charge in [0.1, 0.15) is 5.69 Å². The van der Waals surface area contributed by atoms with Crippen LogP contribution in [-0.4, -0.2) is 47.4 Å². The molecule has 2 amide bonds. The van der Waals surface area contributed by atoms with E-state index in [1.54, 1.807) is 63.4 Å². The summed E-state index contributed by atoms with van der Waals surface area (Å²) in [4.78, 5) is 41.4. The molecular formula is C20H23N3O4. The van der Waals surface area contributed by atoms with Crippen molar-refractivity contribution in [3.63, 3.8) is 0 Å². The number of carbonyl (C=O) groups is 3. The van der Waals surface area contributed by atoms with Crippen molar-refractivity contribution in [2.45, 2.75) is 26.3 Å². The number of esters is 1. The van der Waals surface area contributed by atoms with Gasteiger partial charge < -0.3 is 15.4 Å². The van der Waals surface area contributed by atoms with Crippen molar-refractivity contribution < 1.29 is 19.1 Å². The number of primary amides is 1. The number of nitrogens with two attached hydrogens (primary N) is 1. The van der Waals surface area contributed by atoms with Crippen molar-refractivity contribution >= 4 is 17.8 Å². The molecule has 0 saturated carbocycles. The van der Waals surface area contributed by atoms with Gasteiger partial charge in [-0.15, -0.1) is 0 Å². The summed E-state index contributed by atoms with van der Waals surface area (Å²) in [5.74, 6) is -1.19. The molecule has 0 aliphatic heterocycles. The van der Waals surface area contributed by atoms with Gasteiger partial charge in [-0.3, -0.25) is 9.59 Å². The van der Waals surface area contributed by atoms with Crippen LogP contribution in [0.25, 0.3) is 11.3 Å². The standard InChI is InChI=1S/C20H23N3O4/c1-4-27-20(26)17-10-6-9-16(22-17)14-7-5-8-15(12-14)19(25)23(3)13(2)11-18(21)24/h5-10,12-13H,4,11H2,1-3H3,(H2,21,24)/t13-/m0/s1. The fourth-order valence-corrected chi connectivity index (χ4v) is 2.56. The predicted octanol–water partition coefficient (Wildman–Crippen LogP) is 2.26. The summed E-state index contributed by atoms with van der Waals surface area (Å²) in [6, 6.07) is 11.7. The highest BCUT2D eigenvalue weighted by Crippen LogP contribution is 2.20. The van der Waals surface area contributed by atoms with E-state index < -0.39 is 11.9 Å². The molecule has 1 aromatic heterocycles. The van der Waals surface area contributed by atoms with Crippen molar-refractivity contribution in [1.29, 1.82) is 0 Å². The lowest BCUT2D eigenvalue weighted by Crippen LogP contribution is -2.37. The fourth-order valence-electron chi connectivity index (χ4n) is 2.56. The van der Waals surface area contributed by atoms with Crippen LogP contribution in [0.3, 0.4) is 0 Å². The predicted molar refractivity (Wildman–Crippen MR) is 101 cm³/mol. The second-order valence-electron chi connectivity index (χ2n) is 6.14. The van der Waals surface area contributed by atoms with Gasteiger partial charge in [-0.25, -0.2) is 9.78 Å². The quantitative estimate of drug-likeness (QED) is 0.754. The number of hydrogen-bond acceptors (Lipinski definition) is 5. The minimum atomic E-state index is -0.494. The molecule has 1 heterocycles. The van der Waals surface area contributed by atoms with Gasteiger partial charge in [-0.2, -0.15) is 0 Å². The molecule has 2 N–H and O–H groups in total. The van der Waals surface area contributed by atoms with E-state index >= 15 is 0 Å². The second-order valence-corrected chi connectivity index (χ2v) is 6.14. The molecule has 0 aliphatic rings. The zero-order chi connectivity index (χ0) is 20.0. The van der Waals surface area contributed by atoms with E-state index in [1.165, 1.54) is 4.90 Å². The largest absolute Gasteiger partial charge is 0.461 e. The third-order valence-corrected chi connectivity index (χ3v) is 4.12. The summed E-state index contributed by atoms with van der Waals surface area (Å²) in [7, 11) is 1.63. The monoisotopic (exact) mass is 369 g/mol. The lowest BCUT2D eigenvalue weighted by Gasteiger charge is -2.24. The zero-order valence-corrected chi connectivity index (χ0v) is 15.6. The molecule has 2 rings (SSSR count). The number of pyridine rings is 1. The van der Waals surface area contributed by atoms with Gasteiger partial charge in [-0.1, -0.05) is 18.2 Å². The van der Waals surface area contributed by atoms with Gasteiger partial charge in [0.15, 0.2) is 0 Å². The molecule has 2 aromatic rings. The highest BCUT2D eigenvalue weighted by molar-refractivity contribution is 5.96. The van der Waals surface area contributed by atoms with Crippen molar-refractivity contribution in [1.82, 2.24) is 9.88 Å². The lowest BCUT2D eigenvalue weighted by molar-refractivity contribution is -0.118. The van der Waals surface area contributed by atoms with Gasteiger partial charge in [0.2, 0.25) is 5.91 Å². The van der Waals surface area contributed by atoms with Crippen LogP contribution in [0.2, 0.25) is 0 Å². The number of aromatic nitrogens is 1. The van der Waals surface area contributed by atoms with Crippen LogP contribution in [0.15, 0.2) is 42.5 Å². The zero-order valence-electron chi connectivity index (χ0n) is 15.6. The topological polar surface area (TPSA) is 103 Å². The highest BCUT2D eigenvalue weighted by Gasteiger charge is 2.19. The van der Waals surface area contributed by atoms with Crippen molar-refractivity contribution in [2.75, 3.05) is 13.7 Å². The summed E-state index contributed by atoms with van der Waals surface area (Å²) < 4.78 is 4.97. The Balaban J connectivity index is 2.27. The summed E-state index contributed by atoms with van der Waals surface area (Å²) in [5, 5.41) is 0. The van der Waals surface area contributed by atoms with Gasteiger partial charge in [0.25, 0.3) is 5.91 Å². The van der Waals surface area contributed by atoms with E-state index in [0.29, 0.717) is 16.8 Å². The van der Waals surface area contributed by atoms with Crippen LogP contribution in [0.5, 0.6) is 0 Å². The molecule has 1 aromatic carbocycles. The van der Waals surface area contributed by atoms with E-state index in [-0.39, 0.29) is 30.7 Å². The first kappa shape index (κ1) is 20.1. The second kappa shape index (κ2) is 8.93. The number of rotatable bonds is 7. The number of carbonyl (C=O) groups excluding carboxylic acids is 3. The molecular weight excluding hydrogens is 346 g/mol. The Kier molecular flexibility index (Phi) is 6.65. The van der Waals surface area contributed by atoms with Crippen LogP contribution in [0.1, 0.15) is 41.1 Å². The van der Waals surface area contributed by atoms with E-state index in [2.05, 4.69) is 4.98 Å². The molecule has 27 heavy (non-hydrogen) atoms. The van der Waals surface area contributed by atoms with Crippen molar-refractivity contribution in [2.24, 2.45) is 5.73 Å². The van der Waals surface area contributed by atoms with Crippen LogP contribution >= 0.6 is 0 Å². The first-order valence-corrected chi connectivity index (χ1v) is 8.63. The maximum atomic E-state index is 12.7. The van der Waals surface area contributed by atoms with Gasteiger partial charge in [-0.05, 0) is 38.1 Å². The Hall–Kier alpha value is -3.22. The fraction of sp³-hybridized carbons (Fsp3) is 0.300. The third kappa shape index (κ3) is 5.13. The average molecular weight is 369 g/mol. The summed E-state index contributed by atoms with van der Waals surface area (Å²) in [6.45, 7) is 3.76. The summed E-state index contributed by atoms with van der Waals surface area (Å²) in [5.41, 5.74) is 7.12. The van der Waals surface area contributed by atoms with Crippen molar-refractivity contribution in [3.8, 4) is 11.3 Å². The number of amides is 2. The van der Waals surface area contributed by atoms with E-state index in [0.717, 1.165) is 0 Å². The summed E-state index contributed by atoms with van der Waals surface area (Å²) in [6.07, 6.45) is 0.0884. The molecule has 0 radical (unpaired) electrons. The number of benzene rings is 1. The summed E-state index contributed by atoms with van der Waals surface area (Å²) >= 11 is 0. The Morgan fingerprint density at radius 2 is 1.89 bits per heavy atom. The average Bonchev–Trinajstić information content (AvgIpc) is 2.66. The Labute approximate surface area is 158 Å². The Morgan fingerprint density at radius 1 is 1.19 bits per heavy atom. The molecule has 0 unspecified atom stereocenters. The van der Waals surface area contributed by atoms with Crippen LogP contribution in [0.4, 0.5) is 0 Å². The van der Waals surface area contributed by atoms with E-state index in [9.17, 15) is 14.4 Å². The van der Waals surface area contributed by atoms with E-state index in [4.69, 9.17) is 10.5 Å². The Bertz CT molecular complexity index is 851. The number of nitrogens with zero attached hydrogens (tertiary/aromatic N) is 2. The van der Waals surface area contributed by atoms with Crippen LogP contribution in [0, 0.1) is 0 Å². The van der Waals surface area contributed by atoms with Gasteiger partial charge in [0.05, 0.1) is 12.3 Å². The molecule has 0 fully saturated rings. The van der Waals surface area contributed by atoms with Gasteiger partial charge in [0, 0.05) is 30.6 Å². The molecule has 0 saturated heterocycles. The third-order valence-electron chi connectivity index (χ3n) is 4.12. The SMILES string of the molecule is CCOC(=O)c1cccc(-c2cccc(C(=O)N(C)[C@@H](C)CC(N)=O)c2)n1. The maximum absolute atomic E-state index is 12.7. The Morgan fingerprint density at radius 3 is 2.56 bits per heavy atom. The van der Waals surface area contributed by atoms with E-state index in [1.807, 2.05) is 0 Å². The smallest absolute Gasteiger partial charge is 0.356 e. The first-order valence-electron chi connectivity index (χ1n) is 8.63. The first-order chi connectivity index (χ1) is 12.8. The number of ether oxygens (including phenoxy) is 1. The molecule has 0 spiro atoms. The highest BCUT2D eigenvalue weighted by atomic mass is 16.5. The molecule has 0 aliphatic carbocycles. The lowest BCUT2D eigenvalue weighted by atomic mass is 10.1. The minimum absolute atomic E-state index is 0.0884. The molecule has 7 heteroatoms. The molecule has 1 atom stereocenters. The molecule has 142 valence electrons. The van der Waals surface area contributed by atoms with Crippen molar-refractivity contribution in [3.05, 3.63) is 53.7 Å². The molecule has 7 nitrogen and oxygen atoms in total. The van der Waals surface area contributed by atoms with Crippen LogP contribution in [-0.2, 0) is 9.53 Å². The van der Waals surface area contributed by atoms with Gasteiger partial charge >= 0.3 is 5.97 Å². The normalized spacial score (nSPS) is 11.5. The molecule has 0 bridgehead atoms. The number of hydrogen-bond donors (Lipinski definition) is 1.